The van der Waals surface area contributed by atoms with Crippen LogP contribution >= 0.6 is 0 Å². The predicted molar refractivity (Wildman–Crippen MR) is 37.3 cm³/mol. The minimum atomic E-state index is -1.82. The number of carbonyl (C=O) groups is 2. The fourth-order valence-electron chi connectivity index (χ4n) is 0.433. The van der Waals surface area contributed by atoms with Crippen LogP contribution in [0.15, 0.2) is 0 Å². The summed E-state index contributed by atoms with van der Waals surface area (Å²) in [5.74, 6) is -2.69. The third-order valence-corrected chi connectivity index (χ3v) is 1.17. The second-order valence-electron chi connectivity index (χ2n) is 2.37. The van der Waals surface area contributed by atoms with Crippen molar-refractivity contribution in [2.24, 2.45) is 5.92 Å². The Bertz CT molecular complexity index is 141. The Morgan fingerprint density at radius 2 is 1.55 bits per heavy atom. The average Bonchev–Trinajstić information content (AvgIpc) is 1.85. The molecule has 1 heterocycles. The van der Waals surface area contributed by atoms with Crippen molar-refractivity contribution < 1.29 is 19.8 Å². The molecule has 0 spiro atoms. The van der Waals surface area contributed by atoms with Gasteiger partial charge < -0.3 is 15.5 Å². The Balaban J connectivity index is 0.000000183. The molecular formula is C6H11NO4. The molecule has 0 unspecified atom stereocenters. The summed E-state index contributed by atoms with van der Waals surface area (Å²) in [6.45, 7) is 4.72. The van der Waals surface area contributed by atoms with Crippen LogP contribution < -0.4 is 5.32 Å². The molecule has 3 N–H and O–H groups in total. The van der Waals surface area contributed by atoms with Gasteiger partial charge in [0.15, 0.2) is 0 Å². The number of rotatable bonds is 0. The van der Waals surface area contributed by atoms with E-state index in [0.29, 0.717) is 0 Å². The molecule has 1 aliphatic rings. The maximum atomic E-state index is 9.10. The Hall–Kier alpha value is -1.10. The molecule has 0 bridgehead atoms. The summed E-state index contributed by atoms with van der Waals surface area (Å²) in [5, 5.41) is 17.9. The first-order valence-electron chi connectivity index (χ1n) is 3.21. The Labute approximate surface area is 64.0 Å². The van der Waals surface area contributed by atoms with Crippen LogP contribution in [-0.2, 0) is 9.59 Å². The summed E-state index contributed by atoms with van der Waals surface area (Å²) in [6.07, 6.45) is 0. The molecule has 0 aliphatic carbocycles. The molecule has 0 amide bonds. The van der Waals surface area contributed by atoms with Crippen LogP contribution in [0.5, 0.6) is 0 Å². The molecule has 0 saturated carbocycles. The van der Waals surface area contributed by atoms with Gasteiger partial charge in [-0.1, -0.05) is 6.92 Å². The van der Waals surface area contributed by atoms with Gasteiger partial charge in [-0.15, -0.1) is 0 Å². The number of aliphatic carboxylic acids is 2. The molecule has 0 aromatic rings. The highest BCUT2D eigenvalue weighted by atomic mass is 16.4. The smallest absolute Gasteiger partial charge is 0.414 e. The SMILES string of the molecule is CC1CNC1.O=C(O)C(=O)O. The molecule has 1 saturated heterocycles. The molecule has 1 fully saturated rings. The first kappa shape index (κ1) is 9.90. The number of carboxylic acid groups (broad SMARTS) is 2. The van der Waals surface area contributed by atoms with Crippen LogP contribution in [-0.4, -0.2) is 35.2 Å². The number of nitrogens with one attached hydrogen (secondary N) is 1. The van der Waals surface area contributed by atoms with Crippen molar-refractivity contribution in [1.82, 2.24) is 5.32 Å². The summed E-state index contributed by atoms with van der Waals surface area (Å²) in [5.41, 5.74) is 0. The fraction of sp³-hybridized carbons (Fsp3) is 0.667. The minimum absolute atomic E-state index is 0.954. The van der Waals surface area contributed by atoms with E-state index < -0.39 is 11.9 Å². The summed E-state index contributed by atoms with van der Waals surface area (Å²) in [4.78, 5) is 18.2. The highest BCUT2D eigenvalue weighted by molar-refractivity contribution is 6.27. The van der Waals surface area contributed by atoms with Gasteiger partial charge in [0.05, 0.1) is 0 Å². The molecule has 0 aromatic carbocycles. The normalized spacial score (nSPS) is 15.7. The van der Waals surface area contributed by atoms with Gasteiger partial charge in [-0.3, -0.25) is 0 Å². The Morgan fingerprint density at radius 3 is 1.55 bits per heavy atom. The predicted octanol–water partition coefficient (Wildman–Crippen LogP) is -0.619. The molecule has 11 heavy (non-hydrogen) atoms. The molecular weight excluding hydrogens is 150 g/mol. The number of hydrogen-bond donors (Lipinski definition) is 3. The molecule has 5 nitrogen and oxygen atoms in total. The van der Waals surface area contributed by atoms with Gasteiger partial charge >= 0.3 is 11.9 Å². The van der Waals surface area contributed by atoms with Gasteiger partial charge in [0.1, 0.15) is 0 Å². The zero-order valence-electron chi connectivity index (χ0n) is 6.20. The van der Waals surface area contributed by atoms with Gasteiger partial charge in [0.2, 0.25) is 0 Å². The summed E-state index contributed by atoms with van der Waals surface area (Å²) in [6, 6.07) is 0. The topological polar surface area (TPSA) is 86.6 Å². The van der Waals surface area contributed by atoms with E-state index in [1.165, 1.54) is 13.1 Å². The standard InChI is InChI=1S/C4H9N.C2H2O4/c1-4-2-5-3-4;3-1(4)2(5)6/h4-5H,2-3H2,1H3;(H,3,4)(H,5,6). The number of hydrogen-bond acceptors (Lipinski definition) is 3. The van der Waals surface area contributed by atoms with Crippen LogP contribution in [0.1, 0.15) is 6.92 Å². The maximum absolute atomic E-state index is 9.10. The van der Waals surface area contributed by atoms with Crippen LogP contribution in [0, 0.1) is 5.92 Å². The third-order valence-electron chi connectivity index (χ3n) is 1.17. The lowest BCUT2D eigenvalue weighted by Gasteiger charge is -2.21. The van der Waals surface area contributed by atoms with Crippen molar-refractivity contribution in [2.75, 3.05) is 13.1 Å². The minimum Gasteiger partial charge on any atom is -0.473 e. The lowest BCUT2D eigenvalue weighted by atomic mass is 10.1. The van der Waals surface area contributed by atoms with Crippen molar-refractivity contribution in [1.29, 1.82) is 0 Å². The van der Waals surface area contributed by atoms with Gasteiger partial charge in [-0.05, 0) is 19.0 Å². The largest absolute Gasteiger partial charge is 0.473 e. The molecule has 0 atom stereocenters. The van der Waals surface area contributed by atoms with Crippen molar-refractivity contribution >= 4 is 11.9 Å². The number of carboxylic acids is 2. The Kier molecular flexibility index (Phi) is 4.21. The second-order valence-corrected chi connectivity index (χ2v) is 2.37. The monoisotopic (exact) mass is 161 g/mol. The van der Waals surface area contributed by atoms with Crippen LogP contribution in [0.4, 0.5) is 0 Å². The van der Waals surface area contributed by atoms with Crippen LogP contribution in [0.3, 0.4) is 0 Å². The Morgan fingerprint density at radius 1 is 1.27 bits per heavy atom. The van der Waals surface area contributed by atoms with E-state index in [0.717, 1.165) is 5.92 Å². The molecule has 5 heteroatoms. The van der Waals surface area contributed by atoms with E-state index in [2.05, 4.69) is 12.2 Å². The molecule has 1 aliphatic heterocycles. The van der Waals surface area contributed by atoms with Gasteiger partial charge in [-0.25, -0.2) is 9.59 Å². The summed E-state index contributed by atoms with van der Waals surface area (Å²) in [7, 11) is 0. The molecule has 0 radical (unpaired) electrons. The highest BCUT2D eigenvalue weighted by Crippen LogP contribution is 1.96. The first-order valence-corrected chi connectivity index (χ1v) is 3.21. The maximum Gasteiger partial charge on any atom is 0.414 e. The molecule has 0 aromatic heterocycles. The van der Waals surface area contributed by atoms with E-state index in [1.54, 1.807) is 0 Å². The van der Waals surface area contributed by atoms with E-state index in [4.69, 9.17) is 19.8 Å². The van der Waals surface area contributed by atoms with E-state index >= 15 is 0 Å². The van der Waals surface area contributed by atoms with Gasteiger partial charge in [-0.2, -0.15) is 0 Å². The van der Waals surface area contributed by atoms with Gasteiger partial charge in [0.25, 0.3) is 0 Å². The van der Waals surface area contributed by atoms with E-state index in [1.807, 2.05) is 0 Å². The van der Waals surface area contributed by atoms with Crippen molar-refractivity contribution in [3.63, 3.8) is 0 Å². The van der Waals surface area contributed by atoms with Crippen molar-refractivity contribution in [3.05, 3.63) is 0 Å². The average molecular weight is 161 g/mol. The van der Waals surface area contributed by atoms with E-state index in [9.17, 15) is 0 Å². The summed E-state index contributed by atoms with van der Waals surface area (Å²) < 4.78 is 0. The quantitative estimate of drug-likeness (QED) is 0.412. The van der Waals surface area contributed by atoms with Crippen LogP contribution in [0.25, 0.3) is 0 Å². The zero-order valence-corrected chi connectivity index (χ0v) is 6.20. The highest BCUT2D eigenvalue weighted by Gasteiger charge is 2.07. The van der Waals surface area contributed by atoms with Crippen LogP contribution in [0.2, 0.25) is 0 Å². The van der Waals surface area contributed by atoms with Crippen molar-refractivity contribution in [3.8, 4) is 0 Å². The fourth-order valence-corrected chi connectivity index (χ4v) is 0.433. The zero-order chi connectivity index (χ0) is 8.85. The second kappa shape index (κ2) is 4.68. The van der Waals surface area contributed by atoms with E-state index in [-0.39, 0.29) is 0 Å². The lowest BCUT2D eigenvalue weighted by molar-refractivity contribution is -0.159. The summed E-state index contributed by atoms with van der Waals surface area (Å²) >= 11 is 0. The van der Waals surface area contributed by atoms with Gasteiger partial charge in [0, 0.05) is 0 Å². The third kappa shape index (κ3) is 5.35. The first-order chi connectivity index (χ1) is 5.04. The van der Waals surface area contributed by atoms with Crippen molar-refractivity contribution in [2.45, 2.75) is 6.92 Å². The lowest BCUT2D eigenvalue weighted by Crippen LogP contribution is -2.39. The molecule has 64 valence electrons. The molecule has 1 rings (SSSR count).